The van der Waals surface area contributed by atoms with E-state index < -0.39 is 0 Å². The van der Waals surface area contributed by atoms with E-state index >= 15 is 0 Å². The Morgan fingerprint density at radius 3 is 0.300 bits per heavy atom. The zero-order valence-electron chi connectivity index (χ0n) is 11.2. The maximum atomic E-state index is 0. The van der Waals surface area contributed by atoms with Crippen LogP contribution in [0, 0.1) is 0 Å². The summed E-state index contributed by atoms with van der Waals surface area (Å²) in [5.41, 5.74) is 0. The molecule has 0 aromatic heterocycles. The summed E-state index contributed by atoms with van der Waals surface area (Å²) in [4.78, 5) is 0. The first-order chi connectivity index (χ1) is 0. The Labute approximate surface area is 324 Å². The zero-order valence-corrected chi connectivity index (χ0v) is 35.0. The Morgan fingerprint density at radius 2 is 0.300 bits per heavy atom. The van der Waals surface area contributed by atoms with Gasteiger partial charge in [0.1, 0.15) is 0 Å². The van der Waals surface area contributed by atoms with Crippen LogP contribution in [0.25, 0.3) is 0 Å². The molecule has 5 radical (unpaired) electrons. The van der Waals surface area contributed by atoms with E-state index in [1.54, 1.807) is 0 Å². The second-order valence-electron chi connectivity index (χ2n) is 0. The minimum absolute atomic E-state index is 0. The molecule has 20 heavy (non-hydrogen) atoms. The smallest absolute Gasteiger partial charge is 0 e. The molecule has 0 aliphatic heterocycles. The van der Waals surface area contributed by atoms with E-state index in [2.05, 4.69) is 0 Å². The molecule has 0 bridgehead atoms. The molecule has 0 saturated heterocycles. The minimum atomic E-state index is 0. The van der Waals surface area contributed by atoms with Crippen LogP contribution in [0.2, 0.25) is 0 Å². The van der Waals surface area contributed by atoms with Crippen molar-refractivity contribution in [2.75, 3.05) is 0 Å². The molecule has 0 saturated carbocycles. The summed E-state index contributed by atoms with van der Waals surface area (Å²) in [6, 6.07) is 0. The first-order valence-corrected chi connectivity index (χ1v) is 0. The largest absolute Gasteiger partial charge is 0.344 e. The zero-order chi connectivity index (χ0) is 0. The van der Waals surface area contributed by atoms with Crippen LogP contribution in [-0.2, 0) is 164 Å². The molecule has 0 aliphatic rings. The number of hydrogen-bond donors (Lipinski definition) is 7. The predicted molar refractivity (Wildman–Crippen MR) is 129 cm³/mol. The van der Waals surface area contributed by atoms with Gasteiger partial charge >= 0.3 is 0 Å². The van der Waals surface area contributed by atoms with E-state index in [0.29, 0.717) is 0 Å². The molecule has 139 valence electrons. The molecule has 7 nitrogen and oxygen atoms in total. The van der Waals surface area contributed by atoms with E-state index in [0.717, 1.165) is 0 Å². The van der Waals surface area contributed by atoms with E-state index in [4.69, 9.17) is 0 Å². The summed E-state index contributed by atoms with van der Waals surface area (Å²) in [7, 11) is 0. The van der Waals surface area contributed by atoms with Crippen LogP contribution in [0.1, 0.15) is 10.3 Å². The molecule has 19 heteroatoms. The van der Waals surface area contributed by atoms with Crippen LogP contribution in [0.4, 0.5) is 0 Å². The average Bonchev–Trinajstić information content (AvgIpc) is 0. The molecule has 0 fully saturated rings. The van der Waals surface area contributed by atoms with Crippen molar-refractivity contribution in [3.8, 4) is 0 Å². The number of hydrogen-bond acceptors (Lipinski definition) is 7. The maximum Gasteiger partial charge on any atom is 0 e. The van der Waals surface area contributed by atoms with Gasteiger partial charge in [-0.15, -0.1) is 48.0 Å². The SMILES string of the molecule is C.I.I.N.N.N.N.N.N.N.S.S.S.S.S.[2HH].[2HH].[Y].[Y].[Y].[Y].[Y]. The minimum Gasteiger partial charge on any atom is -0.344 e. The molecule has 0 unspecified atom stereocenters. The van der Waals surface area contributed by atoms with Gasteiger partial charge < -0.3 is 43.1 Å². The predicted octanol–water partition coefficient (Wildman–Crippen LogP) is 4.05. The maximum absolute atomic E-state index is 0. The second-order valence-corrected chi connectivity index (χ2v) is 0. The van der Waals surface area contributed by atoms with Gasteiger partial charge in [-0.3, -0.25) is 0 Å². The van der Waals surface area contributed by atoms with Crippen molar-refractivity contribution in [2.24, 2.45) is 0 Å². The van der Waals surface area contributed by atoms with Crippen molar-refractivity contribution in [3.63, 3.8) is 0 Å². The van der Waals surface area contributed by atoms with Gasteiger partial charge in [0.15, 0.2) is 0 Å². The molecular formula is CH41I2N7S5Y5. The summed E-state index contributed by atoms with van der Waals surface area (Å²) < 4.78 is 0. The van der Waals surface area contributed by atoms with Gasteiger partial charge in [-0.1, -0.05) is 7.43 Å². The van der Waals surface area contributed by atoms with Crippen molar-refractivity contribution >= 4 is 115 Å². The number of rotatable bonds is 0. The third kappa shape index (κ3) is 240. The van der Waals surface area contributed by atoms with E-state index in [9.17, 15) is 0 Å². The van der Waals surface area contributed by atoms with Crippen molar-refractivity contribution in [1.82, 2.24) is 43.1 Å². The molecule has 0 aromatic carbocycles. The van der Waals surface area contributed by atoms with Crippen LogP contribution in [-0.4, -0.2) is 0 Å². The normalized spacial score (nSPS) is 0. The van der Waals surface area contributed by atoms with Gasteiger partial charge in [0.05, 0.1) is 0 Å². The fourth-order valence-corrected chi connectivity index (χ4v) is 0. The van der Waals surface area contributed by atoms with Gasteiger partial charge in [-0.05, 0) is 0 Å². The summed E-state index contributed by atoms with van der Waals surface area (Å²) in [6.07, 6.45) is 0. The quantitative estimate of drug-likeness (QED) is 0.176. The summed E-state index contributed by atoms with van der Waals surface area (Å²) >= 11 is 0. The van der Waals surface area contributed by atoms with Crippen molar-refractivity contribution < 1.29 is 166 Å². The van der Waals surface area contributed by atoms with E-state index in [1.165, 1.54) is 0 Å². The molecular weight excluding hydrogens is 969 g/mol. The standard InChI is InChI=1S/CH4.2HI.7H3N.5H2S.5Y.2H2/h1H4;2*1H;7*1H3;5*1H2;;;;;;2*1H/i;;;;;;;;;;;;;;;;;;;;2*1+1. The van der Waals surface area contributed by atoms with Crippen LogP contribution in [0.5, 0.6) is 0 Å². The molecule has 0 atom stereocenters. The van der Waals surface area contributed by atoms with Gasteiger partial charge in [0.2, 0.25) is 0 Å². The van der Waals surface area contributed by atoms with Crippen molar-refractivity contribution in [2.45, 2.75) is 7.43 Å². The van der Waals surface area contributed by atoms with Gasteiger partial charge in [0, 0.05) is 166 Å². The first-order valence-electron chi connectivity index (χ1n) is 0. The van der Waals surface area contributed by atoms with E-state index in [1.807, 2.05) is 0 Å². The Balaban J connectivity index is 0. The average molecular weight is 1010 g/mol. The third-order valence-corrected chi connectivity index (χ3v) is 0. The molecule has 21 N–H and O–H groups in total. The van der Waals surface area contributed by atoms with Gasteiger partial charge in [0.25, 0.3) is 0 Å². The number of halogens is 2. The third-order valence-electron chi connectivity index (χ3n) is 0. The van der Waals surface area contributed by atoms with E-state index in [-0.39, 0.29) is 332 Å². The fourth-order valence-electron chi connectivity index (χ4n) is 0. The van der Waals surface area contributed by atoms with Crippen LogP contribution >= 0.6 is 115 Å². The Bertz CT molecular complexity index is 51.2. The molecule has 0 rings (SSSR count). The Morgan fingerprint density at radius 1 is 0.300 bits per heavy atom. The van der Waals surface area contributed by atoms with Crippen molar-refractivity contribution in [3.05, 3.63) is 0 Å². The molecule has 0 aliphatic carbocycles. The van der Waals surface area contributed by atoms with Crippen LogP contribution in [0.15, 0.2) is 0 Å². The first kappa shape index (κ1) is 300. The summed E-state index contributed by atoms with van der Waals surface area (Å²) in [5, 5.41) is 0. The van der Waals surface area contributed by atoms with Crippen LogP contribution < -0.4 is 43.1 Å². The molecule has 0 aromatic rings. The monoisotopic (exact) mass is 1010 g/mol. The van der Waals surface area contributed by atoms with Crippen LogP contribution in [0.3, 0.4) is 0 Å². The van der Waals surface area contributed by atoms with Gasteiger partial charge in [-0.25, -0.2) is 0 Å². The topological polar surface area (TPSA) is 245 Å². The molecule has 0 heterocycles. The molecule has 0 amide bonds. The summed E-state index contributed by atoms with van der Waals surface area (Å²) in [6.45, 7) is 0. The van der Waals surface area contributed by atoms with Gasteiger partial charge in [-0.2, -0.15) is 67.5 Å². The molecule has 0 spiro atoms. The fraction of sp³-hybridized carbons (Fsp3) is 1.00. The second kappa shape index (κ2) is 269. The Hall–Kier alpha value is 8.45. The summed E-state index contributed by atoms with van der Waals surface area (Å²) in [5.74, 6) is 0. The van der Waals surface area contributed by atoms with Crippen molar-refractivity contribution in [1.29, 1.82) is 0 Å². The Kier molecular flexibility index (Phi) is 4040.